The molecule has 0 heterocycles. The zero-order chi connectivity index (χ0) is 23.3. The molecule has 184 valence electrons. The van der Waals surface area contributed by atoms with E-state index in [9.17, 15) is 0 Å². The van der Waals surface area contributed by atoms with Gasteiger partial charge in [-0.2, -0.15) is 0 Å². The van der Waals surface area contributed by atoms with Gasteiger partial charge < -0.3 is 26.6 Å². The first-order valence-corrected chi connectivity index (χ1v) is 15.5. The van der Waals surface area contributed by atoms with Crippen LogP contribution in [0.3, 0.4) is 0 Å². The van der Waals surface area contributed by atoms with Crippen LogP contribution in [0, 0.1) is 5.92 Å². The summed E-state index contributed by atoms with van der Waals surface area (Å²) in [6.07, 6.45) is 12.7. The summed E-state index contributed by atoms with van der Waals surface area (Å²) in [6, 6.07) is 1.86. The maximum absolute atomic E-state index is 5.36. The fourth-order valence-electron chi connectivity index (χ4n) is 3.31. The van der Waals surface area contributed by atoms with Gasteiger partial charge in [0.1, 0.15) is 0 Å². The summed E-state index contributed by atoms with van der Waals surface area (Å²) in [5.74, 6) is 0.805. The Morgan fingerprint density at radius 2 is 0.833 bits per heavy atom. The molecule has 0 aliphatic heterocycles. The van der Waals surface area contributed by atoms with Crippen LogP contribution in [-0.2, 0) is 26.6 Å². The average Bonchev–Trinajstić information content (AvgIpc) is 2.77. The Morgan fingerprint density at radius 1 is 0.500 bits per heavy atom. The summed E-state index contributed by atoms with van der Waals surface area (Å²) in [5, 5.41) is 0. The highest BCUT2D eigenvalue weighted by molar-refractivity contribution is 6.60. The van der Waals surface area contributed by atoms with Crippen molar-refractivity contribution in [2.24, 2.45) is 5.92 Å². The van der Waals surface area contributed by atoms with Crippen LogP contribution in [0.1, 0.15) is 85.0 Å². The van der Waals surface area contributed by atoms with E-state index in [1.807, 2.05) is 0 Å². The second-order valence-corrected chi connectivity index (χ2v) is 14.3. The zero-order valence-electron chi connectivity index (χ0n) is 21.5. The van der Waals surface area contributed by atoms with Crippen molar-refractivity contribution in [1.82, 2.24) is 0 Å². The molecule has 0 aromatic heterocycles. The largest absolute Gasteiger partial charge is 0.500 e. The molecular formula is C22H52O6Si2. The van der Waals surface area contributed by atoms with Crippen molar-refractivity contribution in [3.8, 4) is 0 Å². The van der Waals surface area contributed by atoms with E-state index in [4.69, 9.17) is 26.6 Å². The van der Waals surface area contributed by atoms with Crippen LogP contribution < -0.4 is 0 Å². The lowest BCUT2D eigenvalue weighted by atomic mass is 10.1. The highest BCUT2D eigenvalue weighted by Crippen LogP contribution is 2.19. The summed E-state index contributed by atoms with van der Waals surface area (Å²) in [6.45, 7) is 6.76. The van der Waals surface area contributed by atoms with E-state index in [0.29, 0.717) is 0 Å². The van der Waals surface area contributed by atoms with Crippen molar-refractivity contribution in [3.63, 3.8) is 0 Å². The molecular weight excluding hydrogens is 416 g/mol. The SMILES string of the molecule is CCCCCCCC[Si](OC)(OC)OC.CO[Si](CCCCCC(C)C)(OC)OC. The third-order valence-corrected chi connectivity index (χ3v) is 11.1. The van der Waals surface area contributed by atoms with Gasteiger partial charge in [-0.05, 0) is 18.8 Å². The summed E-state index contributed by atoms with van der Waals surface area (Å²) in [5.41, 5.74) is 0. The normalized spacial score (nSPS) is 12.2. The minimum atomic E-state index is -2.29. The molecule has 0 spiro atoms. The van der Waals surface area contributed by atoms with Crippen LogP contribution in [-0.4, -0.2) is 60.3 Å². The van der Waals surface area contributed by atoms with E-state index in [0.717, 1.165) is 30.8 Å². The first kappa shape index (κ1) is 32.4. The molecule has 0 N–H and O–H groups in total. The van der Waals surface area contributed by atoms with Gasteiger partial charge in [0, 0.05) is 54.7 Å². The van der Waals surface area contributed by atoms with Gasteiger partial charge in [-0.15, -0.1) is 0 Å². The van der Waals surface area contributed by atoms with E-state index in [1.54, 1.807) is 42.7 Å². The predicted octanol–water partition coefficient (Wildman–Crippen LogP) is 6.31. The molecule has 0 amide bonds. The van der Waals surface area contributed by atoms with E-state index >= 15 is 0 Å². The Bertz CT molecular complexity index is 334. The average molecular weight is 469 g/mol. The maximum atomic E-state index is 5.36. The molecule has 0 aromatic carbocycles. The molecule has 0 unspecified atom stereocenters. The smallest absolute Gasteiger partial charge is 0.377 e. The molecule has 0 aliphatic rings. The van der Waals surface area contributed by atoms with E-state index in [2.05, 4.69) is 20.8 Å². The van der Waals surface area contributed by atoms with Crippen molar-refractivity contribution in [1.29, 1.82) is 0 Å². The van der Waals surface area contributed by atoms with Crippen molar-refractivity contribution in [2.45, 2.75) is 97.1 Å². The van der Waals surface area contributed by atoms with E-state index < -0.39 is 17.6 Å². The summed E-state index contributed by atoms with van der Waals surface area (Å²) < 4.78 is 32.2. The monoisotopic (exact) mass is 468 g/mol. The molecule has 0 aliphatic carbocycles. The fraction of sp³-hybridized carbons (Fsp3) is 1.00. The lowest BCUT2D eigenvalue weighted by molar-refractivity contribution is 0.122. The second kappa shape index (κ2) is 21.1. The number of unbranched alkanes of at least 4 members (excludes halogenated alkanes) is 7. The van der Waals surface area contributed by atoms with Crippen LogP contribution >= 0.6 is 0 Å². The fourth-order valence-corrected chi connectivity index (χ4v) is 6.90. The maximum Gasteiger partial charge on any atom is 0.500 e. The summed E-state index contributed by atoms with van der Waals surface area (Å²) in [7, 11) is 5.47. The lowest BCUT2D eigenvalue weighted by Gasteiger charge is -2.24. The molecule has 0 rings (SSSR count). The molecule has 6 nitrogen and oxygen atoms in total. The topological polar surface area (TPSA) is 55.4 Å². The van der Waals surface area contributed by atoms with Crippen LogP contribution in [0.5, 0.6) is 0 Å². The highest BCUT2D eigenvalue weighted by atomic mass is 28.4. The van der Waals surface area contributed by atoms with Crippen molar-refractivity contribution in [2.75, 3.05) is 42.7 Å². The molecule has 8 heteroatoms. The second-order valence-electron chi connectivity index (χ2n) is 8.10. The number of rotatable bonds is 19. The van der Waals surface area contributed by atoms with Crippen molar-refractivity contribution < 1.29 is 26.6 Å². The standard InChI is InChI=1S/2C11H26O3Si/c1-11(2)9-7-6-8-10-15(12-3,13-4)14-5;1-5-6-7-8-9-10-11-15(12-2,13-3)14-4/h11H,6-10H2,1-5H3;5-11H2,1-4H3. The predicted molar refractivity (Wildman–Crippen MR) is 130 cm³/mol. The van der Waals surface area contributed by atoms with Crippen LogP contribution in [0.15, 0.2) is 0 Å². The van der Waals surface area contributed by atoms with Crippen LogP contribution in [0.2, 0.25) is 12.1 Å². The molecule has 0 saturated carbocycles. The van der Waals surface area contributed by atoms with Gasteiger partial charge in [0.2, 0.25) is 0 Å². The Hall–Kier alpha value is 0.194. The third-order valence-electron chi connectivity index (χ3n) is 5.47. The minimum absolute atomic E-state index is 0.805. The van der Waals surface area contributed by atoms with Crippen LogP contribution in [0.4, 0.5) is 0 Å². The Morgan fingerprint density at radius 3 is 1.17 bits per heavy atom. The molecule has 30 heavy (non-hydrogen) atoms. The van der Waals surface area contributed by atoms with E-state index in [1.165, 1.54) is 51.4 Å². The third kappa shape index (κ3) is 15.9. The van der Waals surface area contributed by atoms with Crippen molar-refractivity contribution >= 4 is 17.6 Å². The molecule has 0 aromatic rings. The lowest BCUT2D eigenvalue weighted by Crippen LogP contribution is -2.42. The number of hydrogen-bond donors (Lipinski definition) is 0. The molecule has 0 atom stereocenters. The van der Waals surface area contributed by atoms with Gasteiger partial charge in [-0.3, -0.25) is 0 Å². The quantitative estimate of drug-likeness (QED) is 0.164. The van der Waals surface area contributed by atoms with Gasteiger partial charge in [0.15, 0.2) is 0 Å². The molecule has 0 fully saturated rings. The number of hydrogen-bond acceptors (Lipinski definition) is 6. The Kier molecular flexibility index (Phi) is 22.7. The van der Waals surface area contributed by atoms with Gasteiger partial charge in [-0.1, -0.05) is 72.1 Å². The Labute approximate surface area is 190 Å². The van der Waals surface area contributed by atoms with Gasteiger partial charge >= 0.3 is 17.6 Å². The summed E-state index contributed by atoms with van der Waals surface area (Å²) in [4.78, 5) is 0. The molecule has 0 bridgehead atoms. The van der Waals surface area contributed by atoms with Gasteiger partial charge in [-0.25, -0.2) is 0 Å². The molecule has 0 saturated heterocycles. The van der Waals surface area contributed by atoms with Crippen molar-refractivity contribution in [3.05, 3.63) is 0 Å². The first-order valence-electron chi connectivity index (χ1n) is 11.7. The van der Waals surface area contributed by atoms with E-state index in [-0.39, 0.29) is 0 Å². The summed E-state index contributed by atoms with van der Waals surface area (Å²) >= 11 is 0. The minimum Gasteiger partial charge on any atom is -0.377 e. The van der Waals surface area contributed by atoms with Gasteiger partial charge in [0.05, 0.1) is 0 Å². The highest BCUT2D eigenvalue weighted by Gasteiger charge is 2.37. The Balaban J connectivity index is 0. The van der Waals surface area contributed by atoms with Crippen LogP contribution in [0.25, 0.3) is 0 Å². The first-order chi connectivity index (χ1) is 14.3. The van der Waals surface area contributed by atoms with Gasteiger partial charge in [0.25, 0.3) is 0 Å². The zero-order valence-corrected chi connectivity index (χ0v) is 23.5. The molecule has 0 radical (unpaired) electrons.